The van der Waals surface area contributed by atoms with Crippen molar-refractivity contribution < 1.29 is 9.47 Å². The topological polar surface area (TPSA) is 30.5 Å². The molecule has 1 aliphatic rings. The first-order valence-electron chi connectivity index (χ1n) is 6.80. The molecule has 100 valence electrons. The third kappa shape index (κ3) is 3.09. The van der Waals surface area contributed by atoms with Crippen LogP contribution in [0.2, 0.25) is 0 Å². The Kier molecular flexibility index (Phi) is 4.34. The van der Waals surface area contributed by atoms with Gasteiger partial charge in [-0.1, -0.05) is 6.92 Å². The highest BCUT2D eigenvalue weighted by molar-refractivity contribution is 5.55. The first kappa shape index (κ1) is 13.1. The summed E-state index contributed by atoms with van der Waals surface area (Å²) in [5, 5.41) is 3.59. The Bertz CT molecular complexity index is 392. The first-order valence-corrected chi connectivity index (χ1v) is 6.80. The molecule has 0 heterocycles. The van der Waals surface area contributed by atoms with Gasteiger partial charge in [-0.3, -0.25) is 0 Å². The summed E-state index contributed by atoms with van der Waals surface area (Å²) in [6, 6.07) is 6.66. The molecule has 18 heavy (non-hydrogen) atoms. The summed E-state index contributed by atoms with van der Waals surface area (Å²) in [6.45, 7) is 4.96. The number of ether oxygens (including phenoxy) is 2. The summed E-state index contributed by atoms with van der Waals surface area (Å²) in [5.74, 6) is 2.45. The Morgan fingerprint density at radius 2 is 2.11 bits per heavy atom. The highest BCUT2D eigenvalue weighted by atomic mass is 16.5. The number of benzene rings is 1. The van der Waals surface area contributed by atoms with Gasteiger partial charge in [0.25, 0.3) is 0 Å². The van der Waals surface area contributed by atoms with Crippen LogP contribution in [0.5, 0.6) is 11.5 Å². The normalized spacial score (nSPS) is 22.8. The highest BCUT2D eigenvalue weighted by Gasteiger charge is 2.21. The fraction of sp³-hybridized carbons (Fsp3) is 0.600. The minimum Gasteiger partial charge on any atom is -0.493 e. The minimum absolute atomic E-state index is 0.600. The van der Waals surface area contributed by atoms with E-state index in [0.717, 1.165) is 23.1 Å². The molecule has 2 rings (SSSR count). The van der Waals surface area contributed by atoms with Crippen molar-refractivity contribution in [3.63, 3.8) is 0 Å². The van der Waals surface area contributed by atoms with Crippen LogP contribution in [-0.4, -0.2) is 19.8 Å². The molecule has 0 aromatic heterocycles. The van der Waals surface area contributed by atoms with E-state index in [1.54, 1.807) is 7.11 Å². The molecule has 0 aliphatic heterocycles. The Balaban J connectivity index is 2.06. The molecule has 0 saturated heterocycles. The van der Waals surface area contributed by atoms with Gasteiger partial charge in [0.2, 0.25) is 0 Å². The highest BCUT2D eigenvalue weighted by Crippen LogP contribution is 2.32. The van der Waals surface area contributed by atoms with E-state index in [4.69, 9.17) is 9.47 Å². The Hall–Kier alpha value is -1.38. The second-order valence-corrected chi connectivity index (χ2v) is 5.06. The fourth-order valence-corrected chi connectivity index (χ4v) is 2.61. The monoisotopic (exact) mass is 249 g/mol. The van der Waals surface area contributed by atoms with Crippen molar-refractivity contribution in [2.24, 2.45) is 5.92 Å². The van der Waals surface area contributed by atoms with Gasteiger partial charge in [0.05, 0.1) is 13.7 Å². The van der Waals surface area contributed by atoms with Crippen LogP contribution in [0.15, 0.2) is 18.2 Å². The van der Waals surface area contributed by atoms with Crippen LogP contribution in [-0.2, 0) is 0 Å². The van der Waals surface area contributed by atoms with Crippen LogP contribution >= 0.6 is 0 Å². The third-order valence-corrected chi connectivity index (χ3v) is 3.53. The molecule has 1 aromatic carbocycles. The third-order valence-electron chi connectivity index (χ3n) is 3.53. The predicted octanol–water partition coefficient (Wildman–Crippen LogP) is 3.69. The van der Waals surface area contributed by atoms with Gasteiger partial charge in [-0.15, -0.1) is 0 Å². The largest absolute Gasteiger partial charge is 0.493 e. The lowest BCUT2D eigenvalue weighted by molar-refractivity contribution is 0.311. The van der Waals surface area contributed by atoms with Crippen molar-refractivity contribution in [1.29, 1.82) is 0 Å². The molecule has 1 fully saturated rings. The molecule has 1 aliphatic carbocycles. The van der Waals surface area contributed by atoms with Crippen LogP contribution < -0.4 is 14.8 Å². The van der Waals surface area contributed by atoms with Crippen LogP contribution in [0.25, 0.3) is 0 Å². The molecule has 2 unspecified atom stereocenters. The summed E-state index contributed by atoms with van der Waals surface area (Å²) >= 11 is 0. The Labute approximate surface area is 109 Å². The molecule has 0 spiro atoms. The predicted molar refractivity (Wildman–Crippen MR) is 74.6 cm³/mol. The standard InChI is InChI=1S/C15H23NO2/c1-4-18-15-10-13(7-8-14(15)17-3)16-12-6-5-11(2)9-12/h7-8,10-12,16H,4-6,9H2,1-3H3. The number of hydrogen-bond donors (Lipinski definition) is 1. The van der Waals surface area contributed by atoms with Gasteiger partial charge in [0.15, 0.2) is 11.5 Å². The first-order chi connectivity index (χ1) is 8.72. The quantitative estimate of drug-likeness (QED) is 0.863. The number of nitrogens with one attached hydrogen (secondary N) is 1. The molecular weight excluding hydrogens is 226 g/mol. The van der Waals surface area contributed by atoms with Crippen molar-refractivity contribution in [1.82, 2.24) is 0 Å². The molecular formula is C15H23NO2. The molecule has 0 amide bonds. The molecule has 1 N–H and O–H groups in total. The van der Waals surface area contributed by atoms with Gasteiger partial charge in [-0.2, -0.15) is 0 Å². The molecule has 0 bridgehead atoms. The van der Waals surface area contributed by atoms with Crippen LogP contribution in [0.4, 0.5) is 5.69 Å². The minimum atomic E-state index is 0.600. The lowest BCUT2D eigenvalue weighted by Gasteiger charge is -2.16. The van der Waals surface area contributed by atoms with Gasteiger partial charge >= 0.3 is 0 Å². The smallest absolute Gasteiger partial charge is 0.163 e. The van der Waals surface area contributed by atoms with Crippen molar-refractivity contribution in [2.75, 3.05) is 19.0 Å². The van der Waals surface area contributed by atoms with Gasteiger partial charge in [0, 0.05) is 17.8 Å². The van der Waals surface area contributed by atoms with Crippen molar-refractivity contribution in [2.45, 2.75) is 39.2 Å². The number of hydrogen-bond acceptors (Lipinski definition) is 3. The second-order valence-electron chi connectivity index (χ2n) is 5.06. The molecule has 3 heteroatoms. The zero-order valence-corrected chi connectivity index (χ0v) is 11.5. The maximum Gasteiger partial charge on any atom is 0.163 e. The van der Waals surface area contributed by atoms with E-state index in [1.807, 2.05) is 19.1 Å². The van der Waals surface area contributed by atoms with Crippen molar-refractivity contribution in [3.8, 4) is 11.5 Å². The summed E-state index contributed by atoms with van der Waals surface area (Å²) < 4.78 is 10.9. The van der Waals surface area contributed by atoms with E-state index in [0.29, 0.717) is 12.6 Å². The average molecular weight is 249 g/mol. The molecule has 1 saturated carbocycles. The maximum absolute atomic E-state index is 5.59. The number of anilines is 1. The summed E-state index contributed by atoms with van der Waals surface area (Å²) in [7, 11) is 1.67. The molecule has 1 aromatic rings. The lowest BCUT2D eigenvalue weighted by Crippen LogP contribution is -2.15. The maximum atomic E-state index is 5.59. The summed E-state index contributed by atoms with van der Waals surface area (Å²) in [5.41, 5.74) is 1.12. The van der Waals surface area contributed by atoms with Crippen molar-refractivity contribution >= 4 is 5.69 Å². The zero-order chi connectivity index (χ0) is 13.0. The summed E-state index contributed by atoms with van der Waals surface area (Å²) in [6.07, 6.45) is 3.85. The Morgan fingerprint density at radius 3 is 2.72 bits per heavy atom. The van der Waals surface area contributed by atoms with Gasteiger partial charge in [-0.25, -0.2) is 0 Å². The molecule has 0 radical (unpaired) electrons. The summed E-state index contributed by atoms with van der Waals surface area (Å²) in [4.78, 5) is 0. The van der Waals surface area contributed by atoms with Crippen LogP contribution in [0.3, 0.4) is 0 Å². The van der Waals surface area contributed by atoms with E-state index in [1.165, 1.54) is 19.3 Å². The second kappa shape index (κ2) is 5.98. The average Bonchev–Trinajstić information content (AvgIpc) is 2.76. The molecule has 3 nitrogen and oxygen atoms in total. The number of rotatable bonds is 5. The van der Waals surface area contributed by atoms with E-state index < -0.39 is 0 Å². The van der Waals surface area contributed by atoms with Crippen LogP contribution in [0, 0.1) is 5.92 Å². The fourth-order valence-electron chi connectivity index (χ4n) is 2.61. The van der Waals surface area contributed by atoms with Gasteiger partial charge in [0.1, 0.15) is 0 Å². The number of methoxy groups -OCH3 is 1. The zero-order valence-electron chi connectivity index (χ0n) is 11.5. The van der Waals surface area contributed by atoms with Gasteiger partial charge in [-0.05, 0) is 44.2 Å². The van der Waals surface area contributed by atoms with E-state index in [2.05, 4.69) is 18.3 Å². The van der Waals surface area contributed by atoms with Crippen molar-refractivity contribution in [3.05, 3.63) is 18.2 Å². The Morgan fingerprint density at radius 1 is 1.28 bits per heavy atom. The van der Waals surface area contributed by atoms with E-state index in [9.17, 15) is 0 Å². The molecule has 2 atom stereocenters. The van der Waals surface area contributed by atoms with E-state index >= 15 is 0 Å². The van der Waals surface area contributed by atoms with Crippen LogP contribution in [0.1, 0.15) is 33.1 Å². The van der Waals surface area contributed by atoms with E-state index in [-0.39, 0.29) is 0 Å². The lowest BCUT2D eigenvalue weighted by atomic mass is 10.1. The van der Waals surface area contributed by atoms with Gasteiger partial charge < -0.3 is 14.8 Å². The SMILES string of the molecule is CCOc1cc(NC2CCC(C)C2)ccc1OC.